The van der Waals surface area contributed by atoms with Gasteiger partial charge in [0.25, 0.3) is 0 Å². The topological polar surface area (TPSA) is 75.6 Å². The zero-order valence-electron chi connectivity index (χ0n) is 10.5. The van der Waals surface area contributed by atoms with Gasteiger partial charge in [-0.05, 0) is 0 Å². The molecule has 6 nitrogen and oxygen atoms in total. The molecule has 0 spiro atoms. The van der Waals surface area contributed by atoms with Gasteiger partial charge in [0.2, 0.25) is 5.13 Å². The van der Waals surface area contributed by atoms with E-state index >= 15 is 0 Å². The van der Waals surface area contributed by atoms with Crippen LogP contribution >= 0.6 is 11.3 Å². The minimum atomic E-state index is -0.828. The lowest BCUT2D eigenvalue weighted by Crippen LogP contribution is -2.31. The predicted molar refractivity (Wildman–Crippen MR) is 69.8 cm³/mol. The third-order valence-corrected chi connectivity index (χ3v) is 3.22. The Kier molecular flexibility index (Phi) is 5.73. The molecule has 0 fully saturated rings. The van der Waals surface area contributed by atoms with Crippen molar-refractivity contribution in [3.63, 3.8) is 0 Å². The Hall–Kier alpha value is -1.47. The smallest absolute Gasteiger partial charge is 0.308 e. The molecule has 1 aromatic rings. The lowest BCUT2D eigenvalue weighted by Gasteiger charge is -2.21. The van der Waals surface area contributed by atoms with Crippen LogP contribution in [-0.4, -0.2) is 41.5 Å². The first-order chi connectivity index (χ1) is 8.58. The van der Waals surface area contributed by atoms with Crippen LogP contribution in [0.4, 0.5) is 5.13 Å². The molecule has 0 aliphatic heterocycles. The number of ether oxygens (including phenoxy) is 1. The van der Waals surface area contributed by atoms with Crippen LogP contribution in [-0.2, 0) is 16.1 Å². The molecule has 7 heteroatoms. The highest BCUT2D eigenvalue weighted by atomic mass is 32.1. The molecule has 0 saturated carbocycles. The van der Waals surface area contributed by atoms with Crippen molar-refractivity contribution in [2.24, 2.45) is 5.92 Å². The van der Waals surface area contributed by atoms with Crippen LogP contribution in [0.2, 0.25) is 0 Å². The minimum Gasteiger partial charge on any atom is -0.481 e. The maximum Gasteiger partial charge on any atom is 0.308 e. The Labute approximate surface area is 110 Å². The molecule has 1 rings (SSSR count). The number of anilines is 1. The molecule has 0 aromatic carbocycles. The van der Waals surface area contributed by atoms with E-state index in [4.69, 9.17) is 9.84 Å². The van der Waals surface area contributed by atoms with E-state index in [0.717, 1.165) is 5.01 Å². The highest BCUT2D eigenvalue weighted by Gasteiger charge is 2.18. The molecule has 0 bridgehead atoms. The SMILES string of the molecule is C=CCN(CC(C)C(=O)O)c1nnc(COC)s1. The van der Waals surface area contributed by atoms with Gasteiger partial charge < -0.3 is 14.7 Å². The van der Waals surface area contributed by atoms with Crippen LogP contribution < -0.4 is 4.90 Å². The van der Waals surface area contributed by atoms with E-state index in [2.05, 4.69) is 16.8 Å². The van der Waals surface area contributed by atoms with Crippen molar-refractivity contribution in [3.8, 4) is 0 Å². The van der Waals surface area contributed by atoms with Gasteiger partial charge in [-0.3, -0.25) is 4.79 Å². The van der Waals surface area contributed by atoms with Gasteiger partial charge in [-0.1, -0.05) is 24.3 Å². The van der Waals surface area contributed by atoms with Crippen molar-refractivity contribution >= 4 is 22.4 Å². The average Bonchev–Trinajstić information content (AvgIpc) is 2.77. The normalized spacial score (nSPS) is 12.1. The van der Waals surface area contributed by atoms with Gasteiger partial charge in [0.1, 0.15) is 11.6 Å². The zero-order chi connectivity index (χ0) is 13.5. The number of carbonyl (C=O) groups is 1. The first kappa shape index (κ1) is 14.6. The number of hydrogen-bond donors (Lipinski definition) is 1. The van der Waals surface area contributed by atoms with E-state index in [1.54, 1.807) is 20.1 Å². The van der Waals surface area contributed by atoms with Crippen LogP contribution in [0.25, 0.3) is 0 Å². The Morgan fingerprint density at radius 3 is 2.94 bits per heavy atom. The van der Waals surface area contributed by atoms with Gasteiger partial charge in [-0.25, -0.2) is 0 Å². The molecule has 18 heavy (non-hydrogen) atoms. The second-order valence-electron chi connectivity index (χ2n) is 3.84. The summed E-state index contributed by atoms with van der Waals surface area (Å²) in [4.78, 5) is 12.7. The summed E-state index contributed by atoms with van der Waals surface area (Å²) in [7, 11) is 1.59. The van der Waals surface area contributed by atoms with Crippen LogP contribution in [0.5, 0.6) is 0 Å². The Morgan fingerprint density at radius 2 is 2.39 bits per heavy atom. The summed E-state index contributed by atoms with van der Waals surface area (Å²) >= 11 is 1.40. The molecule has 100 valence electrons. The Morgan fingerprint density at radius 1 is 1.67 bits per heavy atom. The van der Waals surface area contributed by atoms with Gasteiger partial charge in [-0.2, -0.15) is 0 Å². The van der Waals surface area contributed by atoms with E-state index in [1.807, 2.05) is 4.90 Å². The number of methoxy groups -OCH3 is 1. The van der Waals surface area contributed by atoms with Crippen LogP contribution in [0, 0.1) is 5.92 Å². The molecule has 1 aromatic heterocycles. The lowest BCUT2D eigenvalue weighted by atomic mass is 10.2. The van der Waals surface area contributed by atoms with Crippen molar-refractivity contribution in [2.75, 3.05) is 25.1 Å². The summed E-state index contributed by atoms with van der Waals surface area (Å²) in [6, 6.07) is 0. The number of hydrogen-bond acceptors (Lipinski definition) is 6. The van der Waals surface area contributed by atoms with E-state index in [0.29, 0.717) is 24.8 Å². The highest BCUT2D eigenvalue weighted by Crippen LogP contribution is 2.21. The number of rotatable bonds is 8. The first-order valence-corrected chi connectivity index (χ1v) is 6.30. The van der Waals surface area contributed by atoms with Crippen LogP contribution in [0.1, 0.15) is 11.9 Å². The van der Waals surface area contributed by atoms with Crippen molar-refractivity contribution < 1.29 is 14.6 Å². The second-order valence-corrected chi connectivity index (χ2v) is 4.88. The molecule has 1 N–H and O–H groups in total. The van der Waals surface area contributed by atoms with E-state index in [-0.39, 0.29) is 0 Å². The van der Waals surface area contributed by atoms with Gasteiger partial charge in [0.15, 0.2) is 0 Å². The standard InChI is InChI=1S/C11H17N3O3S/c1-4-5-14(6-8(2)10(15)16)11-13-12-9(18-11)7-17-3/h4,8H,1,5-7H2,2-3H3,(H,15,16). The maximum absolute atomic E-state index is 10.9. The van der Waals surface area contributed by atoms with E-state index < -0.39 is 11.9 Å². The van der Waals surface area contributed by atoms with E-state index in [1.165, 1.54) is 11.3 Å². The highest BCUT2D eigenvalue weighted by molar-refractivity contribution is 7.15. The number of carboxylic acid groups (broad SMARTS) is 1. The van der Waals surface area contributed by atoms with Crippen LogP contribution in [0.3, 0.4) is 0 Å². The van der Waals surface area contributed by atoms with Gasteiger partial charge in [0, 0.05) is 20.2 Å². The third kappa shape index (κ3) is 4.08. The lowest BCUT2D eigenvalue weighted by molar-refractivity contribution is -0.140. The summed E-state index contributed by atoms with van der Waals surface area (Å²) < 4.78 is 4.98. The molecule has 1 atom stereocenters. The average molecular weight is 271 g/mol. The molecular formula is C11H17N3O3S. The summed E-state index contributed by atoms with van der Waals surface area (Å²) in [5.74, 6) is -1.30. The zero-order valence-corrected chi connectivity index (χ0v) is 11.3. The fourth-order valence-electron chi connectivity index (χ4n) is 1.35. The monoisotopic (exact) mass is 271 g/mol. The molecule has 0 aliphatic rings. The van der Waals surface area contributed by atoms with Crippen molar-refractivity contribution in [1.29, 1.82) is 0 Å². The molecule has 1 heterocycles. The molecule has 0 amide bonds. The summed E-state index contributed by atoms with van der Waals surface area (Å²) in [6.07, 6.45) is 1.71. The van der Waals surface area contributed by atoms with Crippen molar-refractivity contribution in [3.05, 3.63) is 17.7 Å². The number of nitrogens with zero attached hydrogens (tertiary/aromatic N) is 3. The van der Waals surface area contributed by atoms with E-state index in [9.17, 15) is 4.79 Å². The summed E-state index contributed by atoms with van der Waals surface area (Å²) in [5.41, 5.74) is 0. The first-order valence-electron chi connectivity index (χ1n) is 5.48. The summed E-state index contributed by atoms with van der Waals surface area (Å²) in [5, 5.41) is 18.4. The fraction of sp³-hybridized carbons (Fsp3) is 0.545. The van der Waals surface area contributed by atoms with Gasteiger partial charge in [-0.15, -0.1) is 16.8 Å². The van der Waals surface area contributed by atoms with Gasteiger partial charge in [0.05, 0.1) is 5.92 Å². The molecule has 0 radical (unpaired) electrons. The fourth-order valence-corrected chi connectivity index (χ4v) is 2.18. The van der Waals surface area contributed by atoms with Gasteiger partial charge >= 0.3 is 5.97 Å². The Bertz CT molecular complexity index is 408. The number of aromatic nitrogens is 2. The van der Waals surface area contributed by atoms with Crippen LogP contribution in [0.15, 0.2) is 12.7 Å². The number of aliphatic carboxylic acids is 1. The maximum atomic E-state index is 10.9. The molecule has 1 unspecified atom stereocenters. The quantitative estimate of drug-likeness (QED) is 0.720. The molecule has 0 aliphatic carbocycles. The largest absolute Gasteiger partial charge is 0.481 e. The Balaban J connectivity index is 2.76. The molecular weight excluding hydrogens is 254 g/mol. The van der Waals surface area contributed by atoms with Crippen molar-refractivity contribution in [2.45, 2.75) is 13.5 Å². The summed E-state index contributed by atoms with van der Waals surface area (Å²) in [6.45, 7) is 6.66. The molecule has 0 saturated heterocycles. The minimum absolute atomic E-state index is 0.378. The number of carboxylic acids is 1. The van der Waals surface area contributed by atoms with Crippen molar-refractivity contribution in [1.82, 2.24) is 10.2 Å². The second kappa shape index (κ2) is 7.07. The third-order valence-electron chi connectivity index (χ3n) is 2.26. The predicted octanol–water partition coefficient (Wildman–Crippen LogP) is 1.40.